The van der Waals surface area contributed by atoms with Crippen molar-refractivity contribution in [3.63, 3.8) is 0 Å². The fourth-order valence-electron chi connectivity index (χ4n) is 0.707. The zero-order valence-corrected chi connectivity index (χ0v) is 9.09. The smallest absolute Gasteiger partial charge is 0.319 e. The third kappa shape index (κ3) is 2.73. The molecule has 0 unspecified atom stereocenters. The van der Waals surface area contributed by atoms with Gasteiger partial charge in [-0.15, -0.1) is 11.8 Å². The highest BCUT2D eigenvalue weighted by molar-refractivity contribution is 8.00. The summed E-state index contributed by atoms with van der Waals surface area (Å²) in [5.41, 5.74) is 0. The Kier molecular flexibility index (Phi) is 3.15. The Balaban J connectivity index is 2.52. The molecule has 0 fully saturated rings. The SMILES string of the molecule is Cc1nc(CSC(C)(C)C(=O)O)no1. The average molecular weight is 216 g/mol. The zero-order chi connectivity index (χ0) is 10.8. The Morgan fingerprint density at radius 2 is 2.29 bits per heavy atom. The molecule has 0 radical (unpaired) electrons. The molecule has 0 aliphatic heterocycles. The summed E-state index contributed by atoms with van der Waals surface area (Å²) in [6, 6.07) is 0. The van der Waals surface area contributed by atoms with Crippen LogP contribution in [-0.2, 0) is 10.5 Å². The Bertz CT molecular complexity index is 335. The van der Waals surface area contributed by atoms with Crippen molar-refractivity contribution in [2.75, 3.05) is 0 Å². The summed E-state index contributed by atoms with van der Waals surface area (Å²) in [4.78, 5) is 14.7. The van der Waals surface area contributed by atoms with E-state index in [0.29, 0.717) is 17.5 Å². The summed E-state index contributed by atoms with van der Waals surface area (Å²) in [6.45, 7) is 4.99. The highest BCUT2D eigenvalue weighted by Gasteiger charge is 2.28. The predicted octanol–water partition coefficient (Wildman–Crippen LogP) is 1.47. The van der Waals surface area contributed by atoms with Crippen molar-refractivity contribution in [3.8, 4) is 0 Å². The third-order valence-electron chi connectivity index (χ3n) is 1.65. The second-order valence-corrected chi connectivity index (χ2v) is 4.93. The molecule has 1 aromatic heterocycles. The number of hydrogen-bond donors (Lipinski definition) is 1. The van der Waals surface area contributed by atoms with Gasteiger partial charge in [0.05, 0.1) is 5.75 Å². The zero-order valence-electron chi connectivity index (χ0n) is 8.27. The fraction of sp³-hybridized carbons (Fsp3) is 0.625. The van der Waals surface area contributed by atoms with Crippen LogP contribution >= 0.6 is 11.8 Å². The number of aryl methyl sites for hydroxylation is 1. The van der Waals surface area contributed by atoms with Crippen LogP contribution in [0.5, 0.6) is 0 Å². The molecule has 0 atom stereocenters. The molecule has 0 aliphatic carbocycles. The predicted molar refractivity (Wildman–Crippen MR) is 52.0 cm³/mol. The van der Waals surface area contributed by atoms with Crippen LogP contribution in [0.4, 0.5) is 0 Å². The van der Waals surface area contributed by atoms with Crippen LogP contribution in [0, 0.1) is 6.92 Å². The van der Waals surface area contributed by atoms with E-state index in [1.807, 2.05) is 0 Å². The Hall–Kier alpha value is -1.04. The summed E-state index contributed by atoms with van der Waals surface area (Å²) in [5.74, 6) is 0.620. The van der Waals surface area contributed by atoms with Gasteiger partial charge in [0, 0.05) is 6.92 Å². The summed E-state index contributed by atoms with van der Waals surface area (Å²) >= 11 is 1.27. The maximum Gasteiger partial charge on any atom is 0.319 e. The molecule has 0 bridgehead atoms. The van der Waals surface area contributed by atoms with E-state index in [1.54, 1.807) is 20.8 Å². The molecule has 5 nitrogen and oxygen atoms in total. The normalized spacial score (nSPS) is 11.6. The number of hydrogen-bond acceptors (Lipinski definition) is 5. The Morgan fingerprint density at radius 1 is 1.64 bits per heavy atom. The van der Waals surface area contributed by atoms with Crippen molar-refractivity contribution in [1.82, 2.24) is 10.1 Å². The molecule has 0 aromatic carbocycles. The first-order valence-corrected chi connectivity index (χ1v) is 5.07. The van der Waals surface area contributed by atoms with Crippen LogP contribution in [-0.4, -0.2) is 26.0 Å². The van der Waals surface area contributed by atoms with E-state index in [1.165, 1.54) is 11.8 Å². The molecule has 0 aliphatic rings. The molecule has 14 heavy (non-hydrogen) atoms. The molecule has 78 valence electrons. The maximum atomic E-state index is 10.8. The molecular weight excluding hydrogens is 204 g/mol. The van der Waals surface area contributed by atoms with Crippen LogP contribution in [0.25, 0.3) is 0 Å². The van der Waals surface area contributed by atoms with Gasteiger partial charge in [0.1, 0.15) is 4.75 Å². The molecule has 1 aromatic rings. The molecule has 0 saturated heterocycles. The highest BCUT2D eigenvalue weighted by atomic mass is 32.2. The average Bonchev–Trinajstić information content (AvgIpc) is 2.48. The number of nitrogens with zero attached hydrogens (tertiary/aromatic N) is 2. The minimum atomic E-state index is -0.845. The lowest BCUT2D eigenvalue weighted by atomic mass is 10.2. The Labute approximate surface area is 85.9 Å². The number of carbonyl (C=O) groups is 1. The lowest BCUT2D eigenvalue weighted by Gasteiger charge is -2.16. The molecule has 0 saturated carbocycles. The van der Waals surface area contributed by atoms with Crippen molar-refractivity contribution in [2.45, 2.75) is 31.3 Å². The second-order valence-electron chi connectivity index (χ2n) is 3.33. The van der Waals surface area contributed by atoms with E-state index in [2.05, 4.69) is 10.1 Å². The third-order valence-corrected chi connectivity index (χ3v) is 2.95. The van der Waals surface area contributed by atoms with Crippen LogP contribution in [0.15, 0.2) is 4.52 Å². The van der Waals surface area contributed by atoms with Crippen molar-refractivity contribution in [1.29, 1.82) is 0 Å². The number of thioether (sulfide) groups is 1. The second kappa shape index (κ2) is 4.00. The molecule has 1 heterocycles. The molecular formula is C8H12N2O3S. The largest absolute Gasteiger partial charge is 0.480 e. The van der Waals surface area contributed by atoms with Crippen LogP contribution in [0.1, 0.15) is 25.6 Å². The van der Waals surface area contributed by atoms with Crippen LogP contribution in [0.3, 0.4) is 0 Å². The highest BCUT2D eigenvalue weighted by Crippen LogP contribution is 2.27. The minimum absolute atomic E-state index is 0.441. The maximum absolute atomic E-state index is 10.8. The molecule has 1 rings (SSSR count). The first-order valence-electron chi connectivity index (χ1n) is 4.08. The van der Waals surface area contributed by atoms with Gasteiger partial charge in [-0.2, -0.15) is 4.98 Å². The number of carboxylic acids is 1. The first-order chi connectivity index (χ1) is 6.42. The van der Waals surface area contributed by atoms with Gasteiger partial charge in [-0.25, -0.2) is 0 Å². The summed E-state index contributed by atoms with van der Waals surface area (Å²) in [6.07, 6.45) is 0. The van der Waals surface area contributed by atoms with Crippen molar-refractivity contribution in [2.24, 2.45) is 0 Å². The van der Waals surface area contributed by atoms with Crippen molar-refractivity contribution >= 4 is 17.7 Å². The minimum Gasteiger partial charge on any atom is -0.480 e. The van der Waals surface area contributed by atoms with Gasteiger partial charge in [-0.3, -0.25) is 4.79 Å². The van der Waals surface area contributed by atoms with E-state index >= 15 is 0 Å². The summed E-state index contributed by atoms with van der Waals surface area (Å²) < 4.78 is 3.94. The van der Waals surface area contributed by atoms with E-state index in [9.17, 15) is 4.79 Å². The van der Waals surface area contributed by atoms with Gasteiger partial charge >= 0.3 is 5.97 Å². The number of aromatic nitrogens is 2. The number of aliphatic carboxylic acids is 1. The van der Waals surface area contributed by atoms with Crippen LogP contribution < -0.4 is 0 Å². The van der Waals surface area contributed by atoms with Gasteiger partial charge in [-0.1, -0.05) is 5.16 Å². The first kappa shape index (κ1) is 11.0. The summed E-state index contributed by atoms with van der Waals surface area (Å²) in [7, 11) is 0. The van der Waals surface area contributed by atoms with Crippen molar-refractivity contribution < 1.29 is 14.4 Å². The van der Waals surface area contributed by atoms with Gasteiger partial charge < -0.3 is 9.63 Å². The van der Waals surface area contributed by atoms with Gasteiger partial charge in [0.15, 0.2) is 5.82 Å². The fourth-order valence-corrected chi connectivity index (χ4v) is 1.44. The summed E-state index contributed by atoms with van der Waals surface area (Å²) in [5, 5.41) is 12.5. The number of rotatable bonds is 4. The van der Waals surface area contributed by atoms with E-state index < -0.39 is 10.7 Å². The molecule has 1 N–H and O–H groups in total. The van der Waals surface area contributed by atoms with Gasteiger partial charge in [0.25, 0.3) is 0 Å². The van der Waals surface area contributed by atoms with Gasteiger partial charge in [0.2, 0.25) is 5.89 Å². The molecule has 0 spiro atoms. The van der Waals surface area contributed by atoms with E-state index in [-0.39, 0.29) is 0 Å². The van der Waals surface area contributed by atoms with Crippen molar-refractivity contribution in [3.05, 3.63) is 11.7 Å². The topological polar surface area (TPSA) is 76.2 Å². The lowest BCUT2D eigenvalue weighted by Crippen LogP contribution is -2.27. The molecule has 0 amide bonds. The van der Waals surface area contributed by atoms with Crippen LogP contribution in [0.2, 0.25) is 0 Å². The van der Waals surface area contributed by atoms with E-state index in [4.69, 9.17) is 9.63 Å². The standard InChI is InChI=1S/C8H12N2O3S/c1-5-9-6(10-13-5)4-14-8(2,3)7(11)12/h4H2,1-3H3,(H,11,12). The number of carboxylic acid groups (broad SMARTS) is 1. The lowest BCUT2D eigenvalue weighted by molar-refractivity contribution is -0.138. The van der Waals surface area contributed by atoms with E-state index in [0.717, 1.165) is 0 Å². The Morgan fingerprint density at radius 3 is 2.71 bits per heavy atom. The monoisotopic (exact) mass is 216 g/mol. The van der Waals surface area contributed by atoms with Gasteiger partial charge in [-0.05, 0) is 13.8 Å². The molecule has 6 heteroatoms. The quantitative estimate of drug-likeness (QED) is 0.821.